The average molecular weight is 336 g/mol. The molecule has 2 N–H and O–H groups in total. The summed E-state index contributed by atoms with van der Waals surface area (Å²) in [5.74, 6) is -2.56. The van der Waals surface area contributed by atoms with Gasteiger partial charge in [0.2, 0.25) is 0 Å². The van der Waals surface area contributed by atoms with Crippen LogP contribution < -0.4 is 5.23 Å². The van der Waals surface area contributed by atoms with Crippen LogP contribution in [-0.2, 0) is 14.3 Å². The number of carbonyl (C=O) groups excluding carboxylic acids is 1. The zero-order valence-corrected chi connectivity index (χ0v) is 12.7. The molecule has 8 heteroatoms. The van der Waals surface area contributed by atoms with Gasteiger partial charge in [-0.05, 0) is 36.6 Å². The van der Waals surface area contributed by atoms with Gasteiger partial charge in [-0.2, -0.15) is 0 Å². The number of thioether (sulfide) groups is 1. The number of nitrogens with zero attached hydrogens (tertiary/aromatic N) is 1. The van der Waals surface area contributed by atoms with Crippen molar-refractivity contribution in [3.8, 4) is 0 Å². The van der Waals surface area contributed by atoms with Crippen molar-refractivity contribution in [2.45, 2.75) is 22.7 Å². The largest absolute Gasteiger partial charge is 0.733 e. The number of anilines is 1. The number of hydrogen-bond acceptors (Lipinski definition) is 7. The standard InChI is InChI=1S/C15H14NO6S/c17-14(18)10-9-5-8-11(10)15(19)22-12(8)13(9)23-7-3-1-6(2-4-7)16(20)21/h1-4,8-13,20H,5H2,(H,17,18)/q-1/t8-,9+,10-,11+,12+,13-/m0/s1. The van der Waals surface area contributed by atoms with Gasteiger partial charge >= 0.3 is 11.9 Å². The Bertz CT molecular complexity index is 662. The molecule has 2 aliphatic carbocycles. The van der Waals surface area contributed by atoms with Crippen LogP contribution in [0.4, 0.5) is 5.69 Å². The maximum absolute atomic E-state index is 12.0. The first-order valence-corrected chi connectivity index (χ1v) is 8.21. The summed E-state index contributed by atoms with van der Waals surface area (Å²) in [7, 11) is 0. The van der Waals surface area contributed by atoms with Crippen LogP contribution >= 0.6 is 11.8 Å². The second kappa shape index (κ2) is 5.12. The first-order valence-electron chi connectivity index (χ1n) is 7.33. The third-order valence-electron chi connectivity index (χ3n) is 5.16. The van der Waals surface area contributed by atoms with Crippen molar-refractivity contribution in [1.29, 1.82) is 0 Å². The van der Waals surface area contributed by atoms with E-state index >= 15 is 0 Å². The molecule has 0 amide bonds. The zero-order valence-electron chi connectivity index (χ0n) is 11.9. The number of carboxylic acids is 1. The minimum atomic E-state index is -0.928. The van der Waals surface area contributed by atoms with Gasteiger partial charge in [0, 0.05) is 10.8 Å². The molecule has 1 saturated heterocycles. The molecule has 0 spiro atoms. The van der Waals surface area contributed by atoms with E-state index in [-0.39, 0.29) is 40.1 Å². The molecule has 1 heterocycles. The van der Waals surface area contributed by atoms with E-state index < -0.39 is 17.8 Å². The van der Waals surface area contributed by atoms with E-state index in [1.807, 2.05) is 0 Å². The molecule has 1 aromatic carbocycles. The topological polar surface area (TPSA) is 110 Å². The van der Waals surface area contributed by atoms with Crippen LogP contribution in [0.3, 0.4) is 0 Å². The van der Waals surface area contributed by atoms with Crippen molar-refractivity contribution < 1.29 is 24.6 Å². The summed E-state index contributed by atoms with van der Waals surface area (Å²) in [5.41, 5.74) is 0.123. The summed E-state index contributed by atoms with van der Waals surface area (Å²) in [6, 6.07) is 6.36. The third kappa shape index (κ3) is 2.13. The Morgan fingerprint density at radius 1 is 1.30 bits per heavy atom. The number of fused-ring (bicyclic) bond motifs is 1. The minimum absolute atomic E-state index is 0.0000478. The first-order chi connectivity index (χ1) is 11.0. The van der Waals surface area contributed by atoms with E-state index in [0.717, 1.165) is 4.90 Å². The number of esters is 1. The van der Waals surface area contributed by atoms with Gasteiger partial charge in [-0.15, -0.1) is 11.8 Å². The molecule has 7 nitrogen and oxygen atoms in total. The summed E-state index contributed by atoms with van der Waals surface area (Å²) >= 11 is 1.47. The highest BCUT2D eigenvalue weighted by atomic mass is 32.2. The van der Waals surface area contributed by atoms with Gasteiger partial charge < -0.3 is 20.3 Å². The smallest absolute Gasteiger partial charge is 0.310 e. The van der Waals surface area contributed by atoms with Crippen LogP contribution in [0.1, 0.15) is 6.42 Å². The first kappa shape index (κ1) is 14.8. The van der Waals surface area contributed by atoms with E-state index in [2.05, 4.69) is 0 Å². The van der Waals surface area contributed by atoms with Crippen LogP contribution in [0.25, 0.3) is 0 Å². The SMILES string of the molecule is O=C1O[C@@H]2[C@H]3C[C@@H]([C@@H]2Sc2ccc(N([O-])O)cc2)[C@H](C(=O)O)[C@H]13. The Morgan fingerprint density at radius 3 is 2.61 bits per heavy atom. The molecule has 2 saturated carbocycles. The van der Waals surface area contributed by atoms with E-state index in [1.165, 1.54) is 23.9 Å². The summed E-state index contributed by atoms with van der Waals surface area (Å²) in [4.78, 5) is 24.4. The number of aliphatic carboxylic acids is 1. The highest BCUT2D eigenvalue weighted by Gasteiger charge is 2.68. The number of benzene rings is 1. The highest BCUT2D eigenvalue weighted by Crippen LogP contribution is 2.61. The number of hydrogen-bond donors (Lipinski definition) is 2. The number of rotatable bonds is 4. The van der Waals surface area contributed by atoms with E-state index in [1.54, 1.807) is 12.1 Å². The predicted octanol–water partition coefficient (Wildman–Crippen LogP) is 1.73. The predicted molar refractivity (Wildman–Crippen MR) is 79.8 cm³/mol. The lowest BCUT2D eigenvalue weighted by Gasteiger charge is -2.29. The molecular weight excluding hydrogens is 322 g/mol. The maximum atomic E-state index is 12.0. The molecule has 0 unspecified atom stereocenters. The lowest BCUT2D eigenvalue weighted by Crippen LogP contribution is -2.39. The molecule has 3 fully saturated rings. The van der Waals surface area contributed by atoms with E-state index in [0.29, 0.717) is 6.42 Å². The Kier molecular flexibility index (Phi) is 3.29. The maximum Gasteiger partial charge on any atom is 0.310 e. The third-order valence-corrected chi connectivity index (χ3v) is 6.60. The number of carboxylic acid groups (broad SMARTS) is 1. The van der Waals surface area contributed by atoms with Gasteiger partial charge in [-0.1, -0.05) is 0 Å². The fourth-order valence-corrected chi connectivity index (χ4v) is 5.75. The minimum Gasteiger partial charge on any atom is -0.733 e. The molecule has 4 rings (SSSR count). The fraction of sp³-hybridized carbons (Fsp3) is 0.467. The molecule has 1 aromatic rings. The van der Waals surface area contributed by atoms with Crippen molar-refractivity contribution in [3.05, 3.63) is 29.5 Å². The van der Waals surface area contributed by atoms with Gasteiger partial charge in [0.05, 0.1) is 22.8 Å². The average Bonchev–Trinajstić information content (AvgIpc) is 3.11. The normalized spacial score (nSPS) is 37.0. The van der Waals surface area contributed by atoms with Crippen molar-refractivity contribution >= 4 is 29.4 Å². The molecule has 3 aliphatic rings. The molecule has 23 heavy (non-hydrogen) atoms. The zero-order chi connectivity index (χ0) is 16.3. The van der Waals surface area contributed by atoms with Gasteiger partial charge in [-0.3, -0.25) is 14.8 Å². The van der Waals surface area contributed by atoms with Crippen LogP contribution in [0, 0.1) is 28.9 Å². The molecule has 0 aromatic heterocycles. The summed E-state index contributed by atoms with van der Waals surface area (Å²) in [6.45, 7) is 0. The lowest BCUT2D eigenvalue weighted by molar-refractivity contribution is -0.151. The Morgan fingerprint density at radius 2 is 2.00 bits per heavy atom. The van der Waals surface area contributed by atoms with Crippen LogP contribution in [0.2, 0.25) is 0 Å². The summed E-state index contributed by atoms with van der Waals surface area (Å²) < 4.78 is 5.45. The van der Waals surface area contributed by atoms with Crippen LogP contribution in [0.5, 0.6) is 0 Å². The molecule has 122 valence electrons. The van der Waals surface area contributed by atoms with Crippen molar-refractivity contribution in [3.63, 3.8) is 0 Å². The Labute approximate surface area is 135 Å². The van der Waals surface area contributed by atoms with Gasteiger partial charge in [0.1, 0.15) is 6.10 Å². The van der Waals surface area contributed by atoms with Crippen molar-refractivity contribution in [1.82, 2.24) is 0 Å². The van der Waals surface area contributed by atoms with E-state index in [9.17, 15) is 19.9 Å². The lowest BCUT2D eigenvalue weighted by atomic mass is 9.80. The quantitative estimate of drug-likeness (QED) is 0.632. The van der Waals surface area contributed by atoms with Gasteiger partial charge in [-0.25, -0.2) is 0 Å². The van der Waals surface area contributed by atoms with Crippen molar-refractivity contribution in [2.75, 3.05) is 5.23 Å². The second-order valence-electron chi connectivity index (χ2n) is 6.20. The van der Waals surface area contributed by atoms with Crippen molar-refractivity contribution in [2.24, 2.45) is 23.7 Å². The van der Waals surface area contributed by atoms with Gasteiger partial charge in [0.15, 0.2) is 0 Å². The molecular formula is C15H14NO6S-. The molecule has 1 aliphatic heterocycles. The molecule has 0 radical (unpaired) electrons. The monoisotopic (exact) mass is 336 g/mol. The highest BCUT2D eigenvalue weighted by molar-refractivity contribution is 8.00. The second-order valence-corrected chi connectivity index (χ2v) is 7.46. The van der Waals surface area contributed by atoms with Crippen LogP contribution in [0.15, 0.2) is 29.2 Å². The fourth-order valence-electron chi connectivity index (χ4n) is 4.29. The summed E-state index contributed by atoms with van der Waals surface area (Å²) in [6.07, 6.45) is 0.477. The summed E-state index contributed by atoms with van der Waals surface area (Å²) in [5, 5.41) is 28.8. The van der Waals surface area contributed by atoms with Crippen LogP contribution in [-0.4, -0.2) is 33.6 Å². The van der Waals surface area contributed by atoms with E-state index in [4.69, 9.17) is 9.94 Å². The Balaban J connectivity index is 1.58. The molecule has 6 atom stereocenters. The number of carbonyl (C=O) groups is 2. The molecule has 2 bridgehead atoms. The Hall–Kier alpha value is -1.77. The van der Waals surface area contributed by atoms with Gasteiger partial charge in [0.25, 0.3) is 0 Å². The number of ether oxygens (including phenoxy) is 1.